The van der Waals surface area contributed by atoms with E-state index in [0.29, 0.717) is 6.61 Å². The molecule has 2 unspecified atom stereocenters. The molecule has 1 aliphatic rings. The summed E-state index contributed by atoms with van der Waals surface area (Å²) in [5, 5.41) is 27.8. The van der Waals surface area contributed by atoms with E-state index in [-0.39, 0.29) is 13.0 Å². The van der Waals surface area contributed by atoms with Crippen LogP contribution in [-0.4, -0.2) is 58.9 Å². The summed E-state index contributed by atoms with van der Waals surface area (Å²) >= 11 is 0. The number of hydrogen-bond acceptors (Lipinski definition) is 5. The molecule has 1 rings (SSSR count). The Morgan fingerprint density at radius 2 is 2.19 bits per heavy atom. The first-order chi connectivity index (χ1) is 7.56. The fourth-order valence-corrected chi connectivity index (χ4v) is 1.59. The molecule has 0 aromatic carbocycles. The Labute approximate surface area is 93.8 Å². The molecule has 0 radical (unpaired) electrons. The van der Waals surface area contributed by atoms with Crippen LogP contribution in [0.4, 0.5) is 0 Å². The lowest BCUT2D eigenvalue weighted by Crippen LogP contribution is -2.52. The van der Waals surface area contributed by atoms with Gasteiger partial charge in [-0.3, -0.25) is 0 Å². The second kappa shape index (κ2) is 6.15. The average molecular weight is 234 g/mol. The van der Waals surface area contributed by atoms with Crippen molar-refractivity contribution in [2.45, 2.75) is 44.2 Å². The highest BCUT2D eigenvalue weighted by molar-refractivity contribution is 5.72. The number of aliphatic carboxylic acids is 1. The summed E-state index contributed by atoms with van der Waals surface area (Å²) in [6.45, 7) is 2.54. The lowest BCUT2D eigenvalue weighted by Gasteiger charge is -2.35. The second-order valence-corrected chi connectivity index (χ2v) is 3.87. The maximum Gasteiger partial charge on any atom is 0.332 e. The molecule has 0 aliphatic carbocycles. The van der Waals surface area contributed by atoms with E-state index in [2.05, 4.69) is 0 Å². The van der Waals surface area contributed by atoms with Crippen molar-refractivity contribution in [3.63, 3.8) is 0 Å². The van der Waals surface area contributed by atoms with Crippen molar-refractivity contribution >= 4 is 5.97 Å². The van der Waals surface area contributed by atoms with E-state index < -0.39 is 30.4 Å². The van der Waals surface area contributed by atoms with Crippen LogP contribution in [0.2, 0.25) is 0 Å². The van der Waals surface area contributed by atoms with Gasteiger partial charge in [-0.15, -0.1) is 0 Å². The van der Waals surface area contributed by atoms with Crippen LogP contribution < -0.4 is 0 Å². The predicted molar refractivity (Wildman–Crippen MR) is 54.0 cm³/mol. The van der Waals surface area contributed by atoms with Crippen molar-refractivity contribution in [1.82, 2.24) is 0 Å². The molecule has 16 heavy (non-hydrogen) atoms. The molecule has 0 aromatic heterocycles. The third-order valence-electron chi connectivity index (χ3n) is 2.48. The van der Waals surface area contributed by atoms with Gasteiger partial charge < -0.3 is 24.8 Å². The summed E-state index contributed by atoms with van der Waals surface area (Å²) in [6.07, 6.45) is -3.29. The summed E-state index contributed by atoms with van der Waals surface area (Å²) in [6, 6.07) is 0. The molecular weight excluding hydrogens is 216 g/mol. The standard InChI is InChI=1S/C10H18O6/c1-2-3-15-5-8-9(12)6(11)4-7(16-8)10(13)14/h6-9,11-12H,2-5H2,1H3,(H,13,14)/t6-,7?,8+,9?/m1/s1. The normalized spacial score (nSPS) is 34.9. The molecule has 1 aliphatic heterocycles. The number of ether oxygens (including phenoxy) is 2. The van der Waals surface area contributed by atoms with E-state index in [0.717, 1.165) is 6.42 Å². The summed E-state index contributed by atoms with van der Waals surface area (Å²) < 4.78 is 10.3. The van der Waals surface area contributed by atoms with Crippen molar-refractivity contribution in [2.75, 3.05) is 13.2 Å². The smallest absolute Gasteiger partial charge is 0.332 e. The summed E-state index contributed by atoms with van der Waals surface area (Å²) in [5.41, 5.74) is 0. The highest BCUT2D eigenvalue weighted by atomic mass is 16.6. The number of aliphatic hydroxyl groups excluding tert-OH is 2. The fraction of sp³-hybridized carbons (Fsp3) is 0.900. The molecule has 1 heterocycles. The SMILES string of the molecule is CCCOC[C@@H]1OC(C(=O)O)C[C@@H](O)C1O. The number of carboxylic acids is 1. The number of rotatable bonds is 5. The van der Waals surface area contributed by atoms with Gasteiger partial charge in [0, 0.05) is 13.0 Å². The molecule has 1 fully saturated rings. The molecule has 6 nitrogen and oxygen atoms in total. The van der Waals surface area contributed by atoms with Crippen molar-refractivity contribution < 1.29 is 29.6 Å². The Balaban J connectivity index is 2.49. The van der Waals surface area contributed by atoms with E-state index in [4.69, 9.17) is 14.6 Å². The van der Waals surface area contributed by atoms with Gasteiger partial charge in [0.2, 0.25) is 0 Å². The molecule has 0 spiro atoms. The Morgan fingerprint density at radius 1 is 1.50 bits per heavy atom. The fourth-order valence-electron chi connectivity index (χ4n) is 1.59. The number of hydrogen-bond donors (Lipinski definition) is 3. The molecule has 4 atom stereocenters. The highest BCUT2D eigenvalue weighted by Crippen LogP contribution is 2.21. The third-order valence-corrected chi connectivity index (χ3v) is 2.48. The van der Waals surface area contributed by atoms with Crippen LogP contribution in [0.3, 0.4) is 0 Å². The van der Waals surface area contributed by atoms with Crippen LogP contribution in [-0.2, 0) is 14.3 Å². The van der Waals surface area contributed by atoms with Crippen LogP contribution in [0.5, 0.6) is 0 Å². The Kier molecular flexibility index (Phi) is 5.14. The number of carbonyl (C=O) groups is 1. The van der Waals surface area contributed by atoms with Crippen molar-refractivity contribution in [2.24, 2.45) is 0 Å². The summed E-state index contributed by atoms with van der Waals surface area (Å²) in [5.74, 6) is -1.13. The zero-order valence-electron chi connectivity index (χ0n) is 9.20. The minimum absolute atomic E-state index is 0.0931. The van der Waals surface area contributed by atoms with Gasteiger partial charge in [-0.05, 0) is 6.42 Å². The van der Waals surface area contributed by atoms with Crippen LogP contribution >= 0.6 is 0 Å². The van der Waals surface area contributed by atoms with E-state index >= 15 is 0 Å². The summed E-state index contributed by atoms with van der Waals surface area (Å²) in [4.78, 5) is 10.7. The minimum Gasteiger partial charge on any atom is -0.479 e. The van der Waals surface area contributed by atoms with Crippen molar-refractivity contribution in [3.05, 3.63) is 0 Å². The number of carboxylic acid groups (broad SMARTS) is 1. The zero-order valence-corrected chi connectivity index (χ0v) is 9.20. The van der Waals surface area contributed by atoms with Gasteiger partial charge in [0.25, 0.3) is 0 Å². The van der Waals surface area contributed by atoms with E-state index in [1.165, 1.54) is 0 Å². The van der Waals surface area contributed by atoms with Gasteiger partial charge in [-0.2, -0.15) is 0 Å². The molecule has 0 aromatic rings. The first-order valence-corrected chi connectivity index (χ1v) is 5.38. The highest BCUT2D eigenvalue weighted by Gasteiger charge is 2.39. The van der Waals surface area contributed by atoms with Crippen molar-refractivity contribution in [1.29, 1.82) is 0 Å². The molecule has 3 N–H and O–H groups in total. The molecule has 0 bridgehead atoms. The second-order valence-electron chi connectivity index (χ2n) is 3.87. The van der Waals surface area contributed by atoms with Crippen molar-refractivity contribution in [3.8, 4) is 0 Å². The van der Waals surface area contributed by atoms with E-state index in [1.54, 1.807) is 0 Å². The molecule has 0 saturated carbocycles. The molecular formula is C10H18O6. The summed E-state index contributed by atoms with van der Waals surface area (Å²) in [7, 11) is 0. The Morgan fingerprint density at radius 3 is 2.75 bits per heavy atom. The third kappa shape index (κ3) is 3.41. The first kappa shape index (κ1) is 13.4. The van der Waals surface area contributed by atoms with Gasteiger partial charge in [0.05, 0.1) is 12.7 Å². The monoisotopic (exact) mass is 234 g/mol. The Hall–Kier alpha value is -0.690. The van der Waals surface area contributed by atoms with Crippen LogP contribution in [0.25, 0.3) is 0 Å². The largest absolute Gasteiger partial charge is 0.479 e. The van der Waals surface area contributed by atoms with E-state index in [1.807, 2.05) is 6.92 Å². The Bertz CT molecular complexity index is 231. The van der Waals surface area contributed by atoms with Crippen LogP contribution in [0.1, 0.15) is 19.8 Å². The number of aliphatic hydroxyl groups is 2. The maximum absolute atomic E-state index is 10.7. The maximum atomic E-state index is 10.7. The van der Waals surface area contributed by atoms with Crippen LogP contribution in [0, 0.1) is 0 Å². The van der Waals surface area contributed by atoms with E-state index in [9.17, 15) is 15.0 Å². The quantitative estimate of drug-likeness (QED) is 0.548. The zero-order chi connectivity index (χ0) is 12.1. The minimum atomic E-state index is -1.13. The lowest BCUT2D eigenvalue weighted by molar-refractivity contribution is -0.199. The van der Waals surface area contributed by atoms with Crippen LogP contribution in [0.15, 0.2) is 0 Å². The molecule has 94 valence electrons. The lowest BCUT2D eigenvalue weighted by atomic mass is 9.98. The average Bonchev–Trinajstić information content (AvgIpc) is 2.24. The first-order valence-electron chi connectivity index (χ1n) is 5.38. The van der Waals surface area contributed by atoms with Gasteiger partial charge in [0.15, 0.2) is 6.10 Å². The molecule has 6 heteroatoms. The van der Waals surface area contributed by atoms with Gasteiger partial charge in [-0.1, -0.05) is 6.92 Å². The van der Waals surface area contributed by atoms with Gasteiger partial charge in [0.1, 0.15) is 12.2 Å². The van der Waals surface area contributed by atoms with Gasteiger partial charge >= 0.3 is 5.97 Å². The molecule has 1 saturated heterocycles. The van der Waals surface area contributed by atoms with Gasteiger partial charge in [-0.25, -0.2) is 4.79 Å². The topological polar surface area (TPSA) is 96.2 Å². The predicted octanol–water partition coefficient (Wildman–Crippen LogP) is -0.623. The molecule has 0 amide bonds.